The van der Waals surface area contributed by atoms with Crippen molar-refractivity contribution >= 4 is 55.1 Å². The molecule has 4 rings (SSSR count). The monoisotopic (exact) mass is 681 g/mol. The quantitative estimate of drug-likeness (QED) is 0.175. The number of rotatable bonds is 13. The van der Waals surface area contributed by atoms with Gasteiger partial charge < -0.3 is 10.2 Å². The van der Waals surface area contributed by atoms with Crippen molar-refractivity contribution < 1.29 is 18.0 Å². The van der Waals surface area contributed by atoms with Gasteiger partial charge in [-0.15, -0.1) is 0 Å². The Morgan fingerprint density at radius 3 is 2.16 bits per heavy atom. The first kappa shape index (κ1) is 32.3. The lowest BCUT2D eigenvalue weighted by Crippen LogP contribution is -2.53. The molecule has 0 aliphatic rings. The van der Waals surface area contributed by atoms with E-state index in [0.717, 1.165) is 26.3 Å². The van der Waals surface area contributed by atoms with E-state index in [1.807, 2.05) is 61.5 Å². The van der Waals surface area contributed by atoms with Crippen LogP contribution in [0.3, 0.4) is 0 Å². The van der Waals surface area contributed by atoms with Crippen LogP contribution in [-0.2, 0) is 32.6 Å². The second-order valence-electron chi connectivity index (χ2n) is 9.95. The van der Waals surface area contributed by atoms with Crippen LogP contribution in [0.4, 0.5) is 5.69 Å². The number of hydrogen-bond donors (Lipinski definition) is 1. The molecule has 0 aliphatic carbocycles. The molecule has 0 fully saturated rings. The number of benzene rings is 4. The van der Waals surface area contributed by atoms with E-state index in [9.17, 15) is 18.0 Å². The molecule has 10 heteroatoms. The minimum absolute atomic E-state index is 0.0304. The van der Waals surface area contributed by atoms with E-state index < -0.39 is 28.5 Å². The first-order chi connectivity index (χ1) is 20.7. The summed E-state index contributed by atoms with van der Waals surface area (Å²) >= 11 is 9.75. The molecule has 0 bridgehead atoms. The third-order valence-corrected chi connectivity index (χ3v) is 9.28. The highest BCUT2D eigenvalue weighted by Gasteiger charge is 2.34. The number of nitrogens with one attached hydrogen (secondary N) is 1. The van der Waals surface area contributed by atoms with Gasteiger partial charge in [-0.25, -0.2) is 8.42 Å². The highest BCUT2D eigenvalue weighted by Crippen LogP contribution is 2.27. The Labute approximate surface area is 266 Å². The predicted octanol–water partition coefficient (Wildman–Crippen LogP) is 6.46. The molecule has 4 aromatic rings. The Morgan fingerprint density at radius 1 is 0.860 bits per heavy atom. The van der Waals surface area contributed by atoms with Crippen LogP contribution < -0.4 is 9.62 Å². The fourth-order valence-corrected chi connectivity index (χ4v) is 6.69. The smallest absolute Gasteiger partial charge is 0.264 e. The topological polar surface area (TPSA) is 86.8 Å². The summed E-state index contributed by atoms with van der Waals surface area (Å²) in [5, 5.41) is 3.27. The van der Waals surface area contributed by atoms with Crippen LogP contribution >= 0.6 is 27.5 Å². The number of nitrogens with zero attached hydrogens (tertiary/aromatic N) is 2. The fourth-order valence-electron chi connectivity index (χ4n) is 4.63. The highest BCUT2D eigenvalue weighted by molar-refractivity contribution is 9.10. The van der Waals surface area contributed by atoms with E-state index in [4.69, 9.17) is 11.6 Å². The second kappa shape index (κ2) is 15.2. The molecule has 2 amide bonds. The number of hydrogen-bond acceptors (Lipinski definition) is 4. The molecule has 43 heavy (non-hydrogen) atoms. The van der Waals surface area contributed by atoms with Gasteiger partial charge in [-0.1, -0.05) is 101 Å². The van der Waals surface area contributed by atoms with E-state index in [1.165, 1.54) is 23.1 Å². The molecule has 224 valence electrons. The molecular weight excluding hydrogens is 650 g/mol. The zero-order valence-electron chi connectivity index (χ0n) is 23.7. The van der Waals surface area contributed by atoms with Crippen molar-refractivity contribution in [3.8, 4) is 0 Å². The molecule has 1 atom stereocenters. The van der Waals surface area contributed by atoms with Crippen molar-refractivity contribution in [1.82, 2.24) is 10.2 Å². The van der Waals surface area contributed by atoms with Gasteiger partial charge in [0, 0.05) is 29.0 Å². The lowest BCUT2D eigenvalue weighted by molar-refractivity contribution is -0.140. The third-order valence-electron chi connectivity index (χ3n) is 6.77. The van der Waals surface area contributed by atoms with Gasteiger partial charge in [-0.2, -0.15) is 0 Å². The first-order valence-electron chi connectivity index (χ1n) is 13.9. The molecule has 0 aliphatic heterocycles. The van der Waals surface area contributed by atoms with Crippen molar-refractivity contribution in [3.63, 3.8) is 0 Å². The largest absolute Gasteiger partial charge is 0.354 e. The third kappa shape index (κ3) is 8.69. The van der Waals surface area contributed by atoms with Crippen molar-refractivity contribution in [1.29, 1.82) is 0 Å². The van der Waals surface area contributed by atoms with Gasteiger partial charge >= 0.3 is 0 Å². The summed E-state index contributed by atoms with van der Waals surface area (Å²) in [6.45, 7) is 1.94. The van der Waals surface area contributed by atoms with Gasteiger partial charge in [-0.3, -0.25) is 13.9 Å². The summed E-state index contributed by atoms with van der Waals surface area (Å²) in [5.74, 6) is -0.846. The number of sulfonamides is 1. The maximum Gasteiger partial charge on any atom is 0.264 e. The Kier molecular flexibility index (Phi) is 11.4. The van der Waals surface area contributed by atoms with Crippen molar-refractivity contribution in [2.45, 2.75) is 37.2 Å². The first-order valence-corrected chi connectivity index (χ1v) is 16.5. The Hall–Kier alpha value is -3.66. The van der Waals surface area contributed by atoms with Crippen LogP contribution in [0.5, 0.6) is 0 Å². The molecule has 0 radical (unpaired) electrons. The summed E-state index contributed by atoms with van der Waals surface area (Å²) < 4.78 is 29.8. The fraction of sp³-hybridized carbons (Fsp3) is 0.212. The number of carbonyl (C=O) groups excluding carboxylic acids is 2. The molecule has 1 N–H and O–H groups in total. The van der Waals surface area contributed by atoms with Crippen LogP contribution in [0.1, 0.15) is 24.5 Å². The maximum absolute atomic E-state index is 14.4. The average molecular weight is 683 g/mol. The van der Waals surface area contributed by atoms with Gasteiger partial charge in [0.05, 0.1) is 10.6 Å². The molecule has 0 heterocycles. The molecule has 0 saturated carbocycles. The SMILES string of the molecule is CCCNC(=O)[C@@H](Cc1ccccc1)N(Cc1cccc(Br)c1)C(=O)CN(c1cccc(Cl)c1)S(=O)(=O)c1ccccc1. The van der Waals surface area contributed by atoms with Gasteiger partial charge in [0.1, 0.15) is 12.6 Å². The molecule has 4 aromatic carbocycles. The minimum atomic E-state index is -4.18. The Morgan fingerprint density at radius 2 is 1.51 bits per heavy atom. The molecular formula is C33H33BrClN3O4S. The van der Waals surface area contributed by atoms with E-state index in [-0.39, 0.29) is 29.5 Å². The van der Waals surface area contributed by atoms with Crippen LogP contribution in [0, 0.1) is 0 Å². The van der Waals surface area contributed by atoms with Crippen LogP contribution in [0.2, 0.25) is 5.02 Å². The van der Waals surface area contributed by atoms with Crippen molar-refractivity contribution in [3.05, 3.63) is 130 Å². The van der Waals surface area contributed by atoms with E-state index in [2.05, 4.69) is 21.2 Å². The van der Waals surface area contributed by atoms with Crippen LogP contribution in [0.15, 0.2) is 119 Å². The standard InChI is InChI=1S/C33H33BrClN3O4S/c1-2-19-36-33(40)31(21-25-11-5-3-6-12-25)37(23-26-13-9-14-27(34)20-26)32(39)24-38(29-16-10-15-28(35)22-29)43(41,42)30-17-7-4-8-18-30/h3-18,20,22,31H,2,19,21,23-24H2,1H3,(H,36,40)/t31-/m1/s1. The molecule has 0 aromatic heterocycles. The van der Waals surface area contributed by atoms with Crippen molar-refractivity contribution in [2.24, 2.45) is 0 Å². The van der Waals surface area contributed by atoms with E-state index in [0.29, 0.717) is 11.6 Å². The minimum Gasteiger partial charge on any atom is -0.354 e. The van der Waals surface area contributed by atoms with Gasteiger partial charge in [0.15, 0.2) is 0 Å². The zero-order valence-corrected chi connectivity index (χ0v) is 26.9. The second-order valence-corrected chi connectivity index (χ2v) is 13.2. The molecule has 0 spiro atoms. The van der Waals surface area contributed by atoms with Gasteiger partial charge in [0.25, 0.3) is 10.0 Å². The number of halogens is 2. The molecule has 0 saturated heterocycles. The zero-order chi connectivity index (χ0) is 30.8. The highest BCUT2D eigenvalue weighted by atomic mass is 79.9. The van der Waals surface area contributed by atoms with Crippen LogP contribution in [0.25, 0.3) is 0 Å². The van der Waals surface area contributed by atoms with Crippen LogP contribution in [-0.4, -0.2) is 44.3 Å². The number of carbonyl (C=O) groups is 2. The number of amides is 2. The van der Waals surface area contributed by atoms with E-state index in [1.54, 1.807) is 36.4 Å². The normalized spacial score (nSPS) is 11.9. The van der Waals surface area contributed by atoms with Crippen molar-refractivity contribution in [2.75, 3.05) is 17.4 Å². The molecule has 7 nitrogen and oxygen atoms in total. The van der Waals surface area contributed by atoms with E-state index >= 15 is 0 Å². The lowest BCUT2D eigenvalue weighted by Gasteiger charge is -2.34. The Bertz CT molecular complexity index is 1640. The summed E-state index contributed by atoms with van der Waals surface area (Å²) in [6.07, 6.45) is 0.972. The maximum atomic E-state index is 14.4. The van der Waals surface area contributed by atoms with Gasteiger partial charge in [-0.05, 0) is 60.0 Å². The average Bonchev–Trinajstić information content (AvgIpc) is 3.01. The summed E-state index contributed by atoms with van der Waals surface area (Å²) in [6, 6.07) is 30.3. The Balaban J connectivity index is 1.79. The predicted molar refractivity (Wildman–Crippen MR) is 174 cm³/mol. The summed E-state index contributed by atoms with van der Waals surface area (Å²) in [5.41, 5.74) is 1.89. The summed E-state index contributed by atoms with van der Waals surface area (Å²) in [7, 11) is -4.18. The molecule has 0 unspecified atom stereocenters. The number of anilines is 1. The lowest BCUT2D eigenvalue weighted by atomic mass is 10.0. The van der Waals surface area contributed by atoms with Gasteiger partial charge in [0.2, 0.25) is 11.8 Å². The summed E-state index contributed by atoms with van der Waals surface area (Å²) in [4.78, 5) is 29.5.